The Balaban J connectivity index is 0.00000146. The molecule has 1 aliphatic rings. The predicted octanol–water partition coefficient (Wildman–Crippen LogP) is 3.39. The van der Waals surface area contributed by atoms with Crippen molar-refractivity contribution in [1.82, 2.24) is 9.97 Å². The molecule has 1 radical (unpaired) electrons. The molecule has 1 aliphatic heterocycles. The minimum Gasteiger partial charge on any atom is -0.304 e. The Labute approximate surface area is 151 Å². The minimum atomic E-state index is -3.60. The van der Waals surface area contributed by atoms with Gasteiger partial charge in [-0.15, -0.1) is 29.8 Å². The predicted molar refractivity (Wildman–Crippen MR) is 86.8 cm³/mol. The molecule has 5 rings (SSSR count). The standard InChI is InChI=1S/C18H9N2O2S.Ir/c21-23(22)15-4-2-1-3-14(15)18-17-13(6-8-20-18)12-5-7-19-10-11(12)9-16(17)23;/h1-2,4-10H;/q-1;. The van der Waals surface area contributed by atoms with Gasteiger partial charge >= 0.3 is 0 Å². The molecule has 4 aromatic rings. The van der Waals surface area contributed by atoms with Crippen molar-refractivity contribution in [2.45, 2.75) is 9.79 Å². The molecule has 24 heavy (non-hydrogen) atoms. The summed E-state index contributed by atoms with van der Waals surface area (Å²) in [6, 6.07) is 13.5. The summed E-state index contributed by atoms with van der Waals surface area (Å²) in [4.78, 5) is 9.11. The van der Waals surface area contributed by atoms with E-state index in [0.717, 1.165) is 16.2 Å². The Hall–Kier alpha value is -2.14. The van der Waals surface area contributed by atoms with Gasteiger partial charge in [0.05, 0.1) is 4.90 Å². The summed E-state index contributed by atoms with van der Waals surface area (Å²) < 4.78 is 26.1. The molecule has 6 heteroatoms. The Kier molecular flexibility index (Phi) is 3.32. The summed E-state index contributed by atoms with van der Waals surface area (Å²) in [6.45, 7) is 0. The van der Waals surface area contributed by atoms with Crippen LogP contribution in [-0.4, -0.2) is 18.4 Å². The van der Waals surface area contributed by atoms with E-state index in [0.29, 0.717) is 21.5 Å². The van der Waals surface area contributed by atoms with Crippen LogP contribution in [0.5, 0.6) is 0 Å². The zero-order valence-electron chi connectivity index (χ0n) is 12.1. The Bertz CT molecular complexity index is 1240. The summed E-state index contributed by atoms with van der Waals surface area (Å²) in [5.74, 6) is 0. The summed E-state index contributed by atoms with van der Waals surface area (Å²) in [7, 11) is -3.60. The molecule has 0 spiro atoms. The quantitative estimate of drug-likeness (QED) is 0.237. The fraction of sp³-hybridized carbons (Fsp3) is 0. The molecule has 0 atom stereocenters. The van der Waals surface area contributed by atoms with E-state index in [-0.39, 0.29) is 25.0 Å². The molecule has 2 aromatic heterocycles. The van der Waals surface area contributed by atoms with Crippen molar-refractivity contribution in [3.63, 3.8) is 0 Å². The second-order valence-corrected chi connectivity index (χ2v) is 7.35. The van der Waals surface area contributed by atoms with Crippen molar-refractivity contribution in [2.24, 2.45) is 0 Å². The number of sulfone groups is 1. The van der Waals surface area contributed by atoms with E-state index in [1.165, 1.54) is 0 Å². The molecule has 0 N–H and O–H groups in total. The van der Waals surface area contributed by atoms with Gasteiger partial charge in [0.2, 0.25) is 0 Å². The molecule has 0 fully saturated rings. The first-order valence-electron chi connectivity index (χ1n) is 7.09. The Morgan fingerprint density at radius 3 is 2.71 bits per heavy atom. The van der Waals surface area contributed by atoms with Crippen molar-refractivity contribution < 1.29 is 28.5 Å². The number of aromatic nitrogens is 2. The van der Waals surface area contributed by atoms with Crippen LogP contribution in [0.4, 0.5) is 0 Å². The van der Waals surface area contributed by atoms with Gasteiger partial charge in [0.15, 0.2) is 9.84 Å². The molecule has 0 amide bonds. The van der Waals surface area contributed by atoms with Crippen LogP contribution in [0, 0.1) is 6.07 Å². The normalized spacial score (nSPS) is 14.2. The van der Waals surface area contributed by atoms with Crippen LogP contribution in [0.2, 0.25) is 0 Å². The fourth-order valence-electron chi connectivity index (χ4n) is 3.27. The first-order valence-corrected chi connectivity index (χ1v) is 8.58. The second-order valence-electron chi connectivity index (χ2n) is 5.47. The van der Waals surface area contributed by atoms with Crippen LogP contribution in [0.3, 0.4) is 0 Å². The average molecular weight is 510 g/mol. The van der Waals surface area contributed by atoms with Gasteiger partial charge < -0.3 is 4.98 Å². The van der Waals surface area contributed by atoms with Crippen molar-refractivity contribution >= 4 is 31.4 Å². The second kappa shape index (κ2) is 5.18. The number of fused-ring (bicyclic) bond motifs is 4. The van der Waals surface area contributed by atoms with E-state index in [1.807, 2.05) is 12.1 Å². The summed E-state index contributed by atoms with van der Waals surface area (Å²) in [5, 5.41) is 3.31. The van der Waals surface area contributed by atoms with Crippen LogP contribution < -0.4 is 0 Å². The van der Waals surface area contributed by atoms with E-state index < -0.39 is 9.84 Å². The summed E-state index contributed by atoms with van der Waals surface area (Å²) in [6.07, 6.45) is 5.11. The molecule has 2 aromatic carbocycles. The van der Waals surface area contributed by atoms with E-state index in [9.17, 15) is 8.42 Å². The number of benzene rings is 2. The number of hydrogen-bond donors (Lipinski definition) is 0. The molecule has 0 saturated carbocycles. The van der Waals surface area contributed by atoms with Crippen LogP contribution in [0.15, 0.2) is 64.8 Å². The number of rotatable bonds is 0. The molecule has 0 bridgehead atoms. The van der Waals surface area contributed by atoms with E-state index in [2.05, 4.69) is 16.0 Å². The van der Waals surface area contributed by atoms with Gasteiger partial charge in [-0.3, -0.25) is 4.98 Å². The van der Waals surface area contributed by atoms with Crippen molar-refractivity contribution in [2.75, 3.05) is 0 Å². The number of pyridine rings is 2. The first-order chi connectivity index (χ1) is 11.2. The molecule has 119 valence electrons. The molecule has 0 aliphatic carbocycles. The maximum Gasteiger partial charge on any atom is 0.172 e. The van der Waals surface area contributed by atoms with Gasteiger partial charge in [0, 0.05) is 44.1 Å². The monoisotopic (exact) mass is 510 g/mol. The van der Waals surface area contributed by atoms with Crippen molar-refractivity contribution in [1.29, 1.82) is 0 Å². The largest absolute Gasteiger partial charge is 0.304 e. The van der Waals surface area contributed by atoms with E-state index in [4.69, 9.17) is 0 Å². The zero-order valence-corrected chi connectivity index (χ0v) is 15.4. The first kappa shape index (κ1) is 15.4. The Morgan fingerprint density at radius 2 is 1.83 bits per heavy atom. The van der Waals surface area contributed by atoms with Crippen LogP contribution in [-0.2, 0) is 29.9 Å². The molecular weight excluding hydrogens is 500 g/mol. The third-order valence-corrected chi connectivity index (χ3v) is 6.08. The third kappa shape index (κ3) is 1.85. The van der Waals surface area contributed by atoms with Gasteiger partial charge in [0.1, 0.15) is 0 Å². The zero-order chi connectivity index (χ0) is 15.6. The average Bonchev–Trinajstić information content (AvgIpc) is 2.59. The van der Waals surface area contributed by atoms with Gasteiger partial charge in [-0.1, -0.05) is 0 Å². The van der Waals surface area contributed by atoms with E-state index in [1.54, 1.807) is 42.9 Å². The summed E-state index contributed by atoms with van der Waals surface area (Å²) >= 11 is 0. The fourth-order valence-corrected chi connectivity index (χ4v) is 4.94. The molecule has 0 unspecified atom stereocenters. The number of hydrogen-bond acceptors (Lipinski definition) is 4. The van der Waals surface area contributed by atoms with Crippen molar-refractivity contribution in [3.05, 3.63) is 61.1 Å². The van der Waals surface area contributed by atoms with Gasteiger partial charge in [0.25, 0.3) is 0 Å². The maximum atomic E-state index is 13.1. The van der Waals surface area contributed by atoms with Crippen LogP contribution in [0.25, 0.3) is 32.8 Å². The number of nitrogens with zero attached hydrogens (tertiary/aromatic N) is 2. The van der Waals surface area contributed by atoms with Gasteiger partial charge in [-0.25, -0.2) is 8.42 Å². The minimum absolute atomic E-state index is 0. The molecule has 4 nitrogen and oxygen atoms in total. The summed E-state index contributed by atoms with van der Waals surface area (Å²) in [5.41, 5.74) is 1.21. The van der Waals surface area contributed by atoms with Gasteiger partial charge in [-0.05, 0) is 44.9 Å². The smallest absolute Gasteiger partial charge is 0.172 e. The molecule has 0 saturated heterocycles. The van der Waals surface area contributed by atoms with Crippen molar-refractivity contribution in [3.8, 4) is 11.3 Å². The van der Waals surface area contributed by atoms with Crippen LogP contribution >= 0.6 is 0 Å². The Morgan fingerprint density at radius 1 is 1.00 bits per heavy atom. The SMILES string of the molecule is O=S1(=O)c2ccc[c-]c2-c2nccc3c2c1cc1cnccc13.[Ir]. The van der Waals surface area contributed by atoms with Crippen LogP contribution in [0.1, 0.15) is 0 Å². The molecular formula is C18H9IrN2O2S-. The molecule has 3 heterocycles. The topological polar surface area (TPSA) is 59.9 Å². The van der Waals surface area contributed by atoms with E-state index >= 15 is 0 Å². The van der Waals surface area contributed by atoms with Gasteiger partial charge in [-0.2, -0.15) is 0 Å². The maximum absolute atomic E-state index is 13.1. The third-order valence-electron chi connectivity index (χ3n) is 4.26.